The Hall–Kier alpha value is -3.20. The molecular weight excluding hydrogens is 436 g/mol. The summed E-state index contributed by atoms with van der Waals surface area (Å²) in [4.78, 5) is 39.8. The standard InChI is InChI=1S/C24H28N6O2S/c1-5-12-30-21-19(23(31)28(4)24(30)32)22(27-20(26-21)16(2)3)33-15-18-25-11-13-29(18)14-17-9-7-6-8-10-17/h6-11,13,16H,5,12,14-15H2,1-4H3. The Morgan fingerprint density at radius 2 is 1.85 bits per heavy atom. The van der Waals surface area contributed by atoms with Crippen LogP contribution in [0.2, 0.25) is 0 Å². The number of hydrogen-bond acceptors (Lipinski definition) is 6. The maximum absolute atomic E-state index is 13.1. The summed E-state index contributed by atoms with van der Waals surface area (Å²) in [5.41, 5.74) is 0.887. The second-order valence-corrected chi connectivity index (χ2v) is 9.25. The molecule has 0 aliphatic carbocycles. The van der Waals surface area contributed by atoms with Crippen molar-refractivity contribution in [3.05, 3.63) is 80.8 Å². The molecule has 1 aromatic carbocycles. The highest BCUT2D eigenvalue weighted by molar-refractivity contribution is 7.98. The average molecular weight is 465 g/mol. The molecule has 0 aliphatic heterocycles. The molecule has 8 nitrogen and oxygen atoms in total. The lowest BCUT2D eigenvalue weighted by Gasteiger charge is -2.15. The van der Waals surface area contributed by atoms with Crippen molar-refractivity contribution < 1.29 is 0 Å². The molecule has 0 aliphatic rings. The molecule has 0 fully saturated rings. The monoisotopic (exact) mass is 464 g/mol. The van der Waals surface area contributed by atoms with Gasteiger partial charge >= 0.3 is 5.69 Å². The molecule has 0 atom stereocenters. The molecule has 0 bridgehead atoms. The van der Waals surface area contributed by atoms with Crippen LogP contribution in [0.5, 0.6) is 0 Å². The van der Waals surface area contributed by atoms with Gasteiger partial charge < -0.3 is 4.57 Å². The summed E-state index contributed by atoms with van der Waals surface area (Å²) >= 11 is 1.46. The first kappa shape index (κ1) is 23.0. The van der Waals surface area contributed by atoms with E-state index in [-0.39, 0.29) is 17.2 Å². The van der Waals surface area contributed by atoms with Gasteiger partial charge in [-0.15, -0.1) is 0 Å². The Labute approximate surface area is 196 Å². The van der Waals surface area contributed by atoms with Crippen LogP contribution in [0.1, 0.15) is 50.3 Å². The highest BCUT2D eigenvalue weighted by Crippen LogP contribution is 2.27. The lowest BCUT2D eigenvalue weighted by Crippen LogP contribution is -2.39. The maximum atomic E-state index is 13.1. The van der Waals surface area contributed by atoms with Gasteiger partial charge in [0.15, 0.2) is 5.65 Å². The summed E-state index contributed by atoms with van der Waals surface area (Å²) in [7, 11) is 1.51. The molecule has 0 saturated carbocycles. The van der Waals surface area contributed by atoms with Crippen molar-refractivity contribution in [2.45, 2.75) is 57.0 Å². The summed E-state index contributed by atoms with van der Waals surface area (Å²) in [5, 5.41) is 0.976. The van der Waals surface area contributed by atoms with Crippen LogP contribution in [0.25, 0.3) is 11.0 Å². The quantitative estimate of drug-likeness (QED) is 0.293. The molecule has 172 valence electrons. The van der Waals surface area contributed by atoms with Crippen molar-refractivity contribution in [3.8, 4) is 0 Å². The van der Waals surface area contributed by atoms with Gasteiger partial charge in [-0.25, -0.2) is 19.7 Å². The van der Waals surface area contributed by atoms with Crippen LogP contribution in [0, 0.1) is 0 Å². The van der Waals surface area contributed by atoms with Crippen LogP contribution < -0.4 is 11.2 Å². The summed E-state index contributed by atoms with van der Waals surface area (Å²) in [5.74, 6) is 2.11. The molecular formula is C24H28N6O2S. The highest BCUT2D eigenvalue weighted by atomic mass is 32.2. The summed E-state index contributed by atoms with van der Waals surface area (Å²) in [6.07, 6.45) is 4.50. The maximum Gasteiger partial charge on any atom is 0.332 e. The number of fused-ring (bicyclic) bond motifs is 1. The number of rotatable bonds is 8. The van der Waals surface area contributed by atoms with Crippen molar-refractivity contribution in [2.24, 2.45) is 7.05 Å². The normalized spacial score (nSPS) is 11.5. The van der Waals surface area contributed by atoms with Gasteiger partial charge in [-0.2, -0.15) is 0 Å². The fourth-order valence-corrected chi connectivity index (χ4v) is 4.67. The predicted octanol–water partition coefficient (Wildman–Crippen LogP) is 3.56. The molecule has 0 radical (unpaired) electrons. The van der Waals surface area contributed by atoms with E-state index in [1.54, 1.807) is 10.8 Å². The lowest BCUT2D eigenvalue weighted by molar-refractivity contribution is 0.603. The van der Waals surface area contributed by atoms with Crippen molar-refractivity contribution >= 4 is 22.8 Å². The SMILES string of the molecule is CCCn1c(=O)n(C)c(=O)c2c(SCc3nccn3Cc3ccccc3)nc(C(C)C)nc21. The Morgan fingerprint density at radius 1 is 1.09 bits per heavy atom. The average Bonchev–Trinajstić information content (AvgIpc) is 3.25. The van der Waals surface area contributed by atoms with Gasteiger partial charge in [-0.3, -0.25) is 13.9 Å². The first-order chi connectivity index (χ1) is 15.9. The summed E-state index contributed by atoms with van der Waals surface area (Å²) in [6.45, 7) is 7.22. The Balaban J connectivity index is 1.76. The predicted molar refractivity (Wildman–Crippen MR) is 131 cm³/mol. The Kier molecular flexibility index (Phi) is 6.78. The molecule has 3 aromatic heterocycles. The summed E-state index contributed by atoms with van der Waals surface area (Å²) < 4.78 is 4.84. The Bertz CT molecular complexity index is 1390. The lowest BCUT2D eigenvalue weighted by atomic mass is 10.2. The van der Waals surface area contributed by atoms with E-state index in [4.69, 9.17) is 4.98 Å². The van der Waals surface area contributed by atoms with E-state index in [0.29, 0.717) is 34.2 Å². The van der Waals surface area contributed by atoms with E-state index in [2.05, 4.69) is 26.7 Å². The minimum absolute atomic E-state index is 0.0584. The molecule has 9 heteroatoms. The van der Waals surface area contributed by atoms with Gasteiger partial charge in [-0.05, 0) is 12.0 Å². The number of imidazole rings is 1. The molecule has 0 unspecified atom stereocenters. The minimum atomic E-state index is -0.368. The van der Waals surface area contributed by atoms with E-state index in [9.17, 15) is 9.59 Å². The van der Waals surface area contributed by atoms with Gasteiger partial charge in [0.05, 0.1) is 5.75 Å². The van der Waals surface area contributed by atoms with Crippen molar-refractivity contribution in [1.29, 1.82) is 0 Å². The number of thioether (sulfide) groups is 1. The van der Waals surface area contributed by atoms with Crippen LogP contribution in [0.3, 0.4) is 0 Å². The molecule has 0 spiro atoms. The van der Waals surface area contributed by atoms with E-state index in [0.717, 1.165) is 23.4 Å². The fraction of sp³-hybridized carbons (Fsp3) is 0.375. The highest BCUT2D eigenvalue weighted by Gasteiger charge is 2.20. The zero-order valence-electron chi connectivity index (χ0n) is 19.4. The second-order valence-electron chi connectivity index (χ2n) is 8.28. The summed E-state index contributed by atoms with van der Waals surface area (Å²) in [6, 6.07) is 10.2. The molecule has 33 heavy (non-hydrogen) atoms. The third kappa shape index (κ3) is 4.64. The number of aromatic nitrogens is 6. The molecule has 3 heterocycles. The van der Waals surface area contributed by atoms with Crippen molar-refractivity contribution in [2.75, 3.05) is 0 Å². The van der Waals surface area contributed by atoms with Gasteiger partial charge in [0, 0.05) is 38.4 Å². The minimum Gasteiger partial charge on any atom is -0.330 e. The van der Waals surface area contributed by atoms with Crippen LogP contribution in [-0.2, 0) is 25.9 Å². The number of hydrogen-bond donors (Lipinski definition) is 0. The molecule has 4 rings (SSSR count). The largest absolute Gasteiger partial charge is 0.332 e. The molecule has 0 saturated heterocycles. The van der Waals surface area contributed by atoms with E-state index < -0.39 is 0 Å². The first-order valence-corrected chi connectivity index (χ1v) is 12.1. The van der Waals surface area contributed by atoms with Crippen molar-refractivity contribution in [3.63, 3.8) is 0 Å². The van der Waals surface area contributed by atoms with Crippen LogP contribution in [-0.4, -0.2) is 28.7 Å². The van der Waals surface area contributed by atoms with Gasteiger partial charge in [-0.1, -0.05) is 62.9 Å². The van der Waals surface area contributed by atoms with E-state index in [1.807, 2.05) is 45.2 Å². The fourth-order valence-electron chi connectivity index (χ4n) is 3.68. The number of benzene rings is 1. The number of nitrogens with zero attached hydrogens (tertiary/aromatic N) is 6. The Morgan fingerprint density at radius 3 is 2.55 bits per heavy atom. The van der Waals surface area contributed by atoms with Gasteiger partial charge in [0.2, 0.25) is 0 Å². The number of aryl methyl sites for hydroxylation is 1. The smallest absolute Gasteiger partial charge is 0.330 e. The molecule has 0 amide bonds. The van der Waals surface area contributed by atoms with E-state index in [1.165, 1.54) is 24.4 Å². The van der Waals surface area contributed by atoms with Crippen LogP contribution in [0.15, 0.2) is 57.3 Å². The third-order valence-corrected chi connectivity index (χ3v) is 6.44. The van der Waals surface area contributed by atoms with E-state index >= 15 is 0 Å². The van der Waals surface area contributed by atoms with Gasteiger partial charge in [0.25, 0.3) is 5.56 Å². The molecule has 4 aromatic rings. The zero-order valence-corrected chi connectivity index (χ0v) is 20.2. The second kappa shape index (κ2) is 9.74. The van der Waals surface area contributed by atoms with Crippen molar-refractivity contribution in [1.82, 2.24) is 28.7 Å². The first-order valence-electron chi connectivity index (χ1n) is 11.1. The van der Waals surface area contributed by atoms with Gasteiger partial charge in [0.1, 0.15) is 22.1 Å². The van der Waals surface area contributed by atoms with Crippen LogP contribution in [0.4, 0.5) is 0 Å². The zero-order chi connectivity index (χ0) is 23.5. The van der Waals surface area contributed by atoms with Crippen LogP contribution >= 0.6 is 11.8 Å². The third-order valence-electron chi connectivity index (χ3n) is 5.47. The topological polar surface area (TPSA) is 87.6 Å². The molecule has 0 N–H and O–H groups in total.